The Morgan fingerprint density at radius 3 is 1.82 bits per heavy atom. The van der Waals surface area contributed by atoms with E-state index in [1.54, 1.807) is 0 Å². The average Bonchev–Trinajstić information content (AvgIpc) is 3.90. The zero-order chi connectivity index (χ0) is 44.3. The predicted octanol–water partition coefficient (Wildman–Crippen LogP) is 15.9. The molecule has 0 unspecified atom stereocenters. The fourth-order valence-electron chi connectivity index (χ4n) is 10.8. The average molecular weight is 855 g/mol. The Balaban J connectivity index is 1.08. The lowest BCUT2D eigenvalue weighted by Gasteiger charge is -2.35. The molecule has 2 aromatic heterocycles. The highest BCUT2D eigenvalue weighted by molar-refractivity contribution is 6.10. The van der Waals surface area contributed by atoms with Crippen molar-refractivity contribution in [3.8, 4) is 39.3 Å². The topological polar surface area (TPSA) is 34.0 Å². The van der Waals surface area contributed by atoms with Gasteiger partial charge in [0.1, 0.15) is 0 Å². The highest BCUT2D eigenvalue weighted by Crippen LogP contribution is 2.57. The highest BCUT2D eigenvalue weighted by Gasteiger charge is 2.46. The van der Waals surface area contributed by atoms with Gasteiger partial charge in [0.15, 0.2) is 5.82 Å². The maximum absolute atomic E-state index is 5.11. The van der Waals surface area contributed by atoms with Crippen LogP contribution in [0.3, 0.4) is 0 Å². The smallest absolute Gasteiger partial charge is 0.159 e. The first-order valence-corrected chi connectivity index (χ1v) is 22.9. The third-order valence-electron chi connectivity index (χ3n) is 13.7. The molecule has 1 aliphatic rings. The van der Waals surface area contributed by atoms with Crippen molar-refractivity contribution in [2.24, 2.45) is 0 Å². The van der Waals surface area contributed by atoms with Crippen LogP contribution in [0.2, 0.25) is 0 Å². The van der Waals surface area contributed by atoms with Crippen LogP contribution in [0.25, 0.3) is 72.0 Å². The molecule has 0 N–H and O–H groups in total. The number of anilines is 3. The summed E-state index contributed by atoms with van der Waals surface area (Å²) in [4.78, 5) is 12.5. The molecule has 0 amide bonds. The molecule has 0 bridgehead atoms. The van der Waals surface area contributed by atoms with E-state index in [-0.39, 0.29) is 0 Å². The molecule has 4 nitrogen and oxygen atoms in total. The Morgan fingerprint density at radius 2 is 1.03 bits per heavy atom. The lowest BCUT2D eigenvalue weighted by molar-refractivity contribution is 0.768. The van der Waals surface area contributed by atoms with Crippen LogP contribution in [0, 0.1) is 0 Å². The molecule has 67 heavy (non-hydrogen) atoms. The minimum atomic E-state index is -0.553. The second-order valence-corrected chi connectivity index (χ2v) is 17.3. The second-order valence-electron chi connectivity index (χ2n) is 17.3. The standard InChI is InChI=1S/C63H42N4/c1-5-20-46(21-6-1)63(47-22-7-2-8-23-47)56-30-16-14-28-51(56)52-37-35-50(41-57(52)63)66(48-24-9-3-10-25-48)60-38-34-44(62-64-42-45-19-13-17-31-58(45)65-62)39-55(60)43-33-36-54-53-29-15-18-32-59(53)67(61(54)40-43)49-26-11-4-12-27-49/h1-42H. The minimum absolute atomic E-state index is 0.553. The van der Waals surface area contributed by atoms with Crippen molar-refractivity contribution in [1.82, 2.24) is 14.5 Å². The van der Waals surface area contributed by atoms with E-state index in [0.717, 1.165) is 55.9 Å². The maximum atomic E-state index is 5.11. The molecule has 0 aliphatic heterocycles. The largest absolute Gasteiger partial charge is 0.310 e. The van der Waals surface area contributed by atoms with Crippen LogP contribution in [0.5, 0.6) is 0 Å². The monoisotopic (exact) mass is 854 g/mol. The van der Waals surface area contributed by atoms with Gasteiger partial charge in [0.25, 0.3) is 0 Å². The van der Waals surface area contributed by atoms with Crippen molar-refractivity contribution >= 4 is 49.8 Å². The predicted molar refractivity (Wildman–Crippen MR) is 277 cm³/mol. The van der Waals surface area contributed by atoms with Crippen molar-refractivity contribution in [2.75, 3.05) is 4.90 Å². The first kappa shape index (κ1) is 38.6. The van der Waals surface area contributed by atoms with Gasteiger partial charge in [-0.3, -0.25) is 0 Å². The molecule has 0 fully saturated rings. The van der Waals surface area contributed by atoms with Gasteiger partial charge in [0, 0.05) is 50.5 Å². The summed E-state index contributed by atoms with van der Waals surface area (Å²) in [6, 6.07) is 90.1. The lowest BCUT2D eigenvalue weighted by atomic mass is 9.67. The summed E-state index contributed by atoms with van der Waals surface area (Å²) in [5.41, 5.74) is 17.5. The van der Waals surface area contributed by atoms with Crippen LogP contribution in [0.4, 0.5) is 17.1 Å². The quantitative estimate of drug-likeness (QED) is 0.153. The van der Waals surface area contributed by atoms with E-state index >= 15 is 0 Å². The van der Waals surface area contributed by atoms with Crippen molar-refractivity contribution in [3.05, 3.63) is 277 Å². The summed E-state index contributed by atoms with van der Waals surface area (Å²) in [5.74, 6) is 0.683. The summed E-state index contributed by atoms with van der Waals surface area (Å²) in [6.45, 7) is 0. The highest BCUT2D eigenvalue weighted by atomic mass is 15.1. The molecule has 1 aliphatic carbocycles. The molecule has 2 heterocycles. The van der Waals surface area contributed by atoms with Crippen molar-refractivity contribution in [2.45, 2.75) is 5.41 Å². The second kappa shape index (κ2) is 15.7. The van der Waals surface area contributed by atoms with E-state index in [2.05, 4.69) is 246 Å². The van der Waals surface area contributed by atoms with E-state index in [9.17, 15) is 0 Å². The molecule has 13 rings (SSSR count). The van der Waals surface area contributed by atoms with Gasteiger partial charge in [0.2, 0.25) is 0 Å². The minimum Gasteiger partial charge on any atom is -0.310 e. The zero-order valence-electron chi connectivity index (χ0n) is 36.5. The van der Waals surface area contributed by atoms with E-state index in [4.69, 9.17) is 9.97 Å². The summed E-state index contributed by atoms with van der Waals surface area (Å²) >= 11 is 0. The van der Waals surface area contributed by atoms with E-state index in [1.165, 1.54) is 49.7 Å². The van der Waals surface area contributed by atoms with Gasteiger partial charge in [-0.15, -0.1) is 0 Å². The van der Waals surface area contributed by atoms with Gasteiger partial charge >= 0.3 is 0 Å². The third-order valence-corrected chi connectivity index (χ3v) is 13.7. The van der Waals surface area contributed by atoms with Crippen LogP contribution in [-0.4, -0.2) is 14.5 Å². The number of aromatic nitrogens is 3. The van der Waals surface area contributed by atoms with Crippen molar-refractivity contribution < 1.29 is 0 Å². The van der Waals surface area contributed by atoms with Crippen LogP contribution < -0.4 is 4.90 Å². The van der Waals surface area contributed by atoms with Crippen molar-refractivity contribution in [3.63, 3.8) is 0 Å². The number of benzene rings is 10. The normalized spacial score (nSPS) is 12.6. The molecular weight excluding hydrogens is 813 g/mol. The third kappa shape index (κ3) is 6.15. The Kier molecular flexibility index (Phi) is 9.04. The number of hydrogen-bond acceptors (Lipinski definition) is 3. The molecule has 4 heteroatoms. The summed E-state index contributed by atoms with van der Waals surface area (Å²) < 4.78 is 2.39. The maximum Gasteiger partial charge on any atom is 0.159 e. The fourth-order valence-corrected chi connectivity index (χ4v) is 10.8. The summed E-state index contributed by atoms with van der Waals surface area (Å²) in [7, 11) is 0. The van der Waals surface area contributed by atoms with E-state index in [0.29, 0.717) is 5.82 Å². The van der Waals surface area contributed by atoms with Crippen LogP contribution in [0.15, 0.2) is 255 Å². The van der Waals surface area contributed by atoms with E-state index in [1.807, 2.05) is 18.3 Å². The molecule has 314 valence electrons. The molecule has 10 aromatic carbocycles. The number of hydrogen-bond donors (Lipinski definition) is 0. The Bertz CT molecular complexity index is 3770. The van der Waals surface area contributed by atoms with Gasteiger partial charge in [-0.05, 0) is 112 Å². The zero-order valence-corrected chi connectivity index (χ0v) is 36.5. The SMILES string of the molecule is c1ccc(N(c2ccc3c(c2)C(c2ccccc2)(c2ccccc2)c2ccccc2-3)c2ccc(-c3ncc4ccccc4n3)cc2-c2ccc3c4ccccc4n(-c4ccccc4)c3c2)cc1. The molecule has 0 atom stereocenters. The molecule has 0 spiro atoms. The Morgan fingerprint density at radius 1 is 0.403 bits per heavy atom. The number of para-hydroxylation sites is 4. The van der Waals surface area contributed by atoms with Gasteiger partial charge in [-0.1, -0.05) is 176 Å². The van der Waals surface area contributed by atoms with Crippen LogP contribution >= 0.6 is 0 Å². The van der Waals surface area contributed by atoms with Crippen molar-refractivity contribution in [1.29, 1.82) is 0 Å². The van der Waals surface area contributed by atoms with Gasteiger partial charge in [0.05, 0.1) is 27.7 Å². The fraction of sp³-hybridized carbons (Fsp3) is 0.0159. The van der Waals surface area contributed by atoms with Gasteiger partial charge in [-0.2, -0.15) is 0 Å². The van der Waals surface area contributed by atoms with E-state index < -0.39 is 5.41 Å². The van der Waals surface area contributed by atoms with Crippen LogP contribution in [-0.2, 0) is 5.41 Å². The molecule has 0 radical (unpaired) electrons. The number of nitrogens with zero attached hydrogens (tertiary/aromatic N) is 4. The summed E-state index contributed by atoms with van der Waals surface area (Å²) in [6.07, 6.45) is 1.93. The molecular formula is C63H42N4. The number of fused-ring (bicyclic) bond motifs is 7. The Hall–Kier alpha value is -8.86. The molecule has 0 saturated heterocycles. The van der Waals surface area contributed by atoms with Gasteiger partial charge < -0.3 is 9.47 Å². The number of rotatable bonds is 8. The lowest BCUT2D eigenvalue weighted by Crippen LogP contribution is -2.28. The summed E-state index contributed by atoms with van der Waals surface area (Å²) in [5, 5.41) is 3.44. The first-order chi connectivity index (χ1) is 33.2. The van der Waals surface area contributed by atoms with Crippen LogP contribution in [0.1, 0.15) is 22.3 Å². The molecule has 0 saturated carbocycles. The molecule has 12 aromatic rings. The Labute approximate surface area is 389 Å². The van der Waals surface area contributed by atoms with Gasteiger partial charge in [-0.25, -0.2) is 9.97 Å². The first-order valence-electron chi connectivity index (χ1n) is 22.9.